The molecule has 1 rings (SSSR count). The van der Waals surface area contributed by atoms with Gasteiger partial charge in [-0.3, -0.25) is 4.90 Å². The number of hydrogen-bond donors (Lipinski definition) is 0. The maximum absolute atomic E-state index is 13.6. The Balaban J connectivity index is 2.69. The van der Waals surface area contributed by atoms with Crippen LogP contribution in [-0.4, -0.2) is 45.3 Å². The summed E-state index contributed by atoms with van der Waals surface area (Å²) in [5.41, 5.74) is 0.763. The van der Waals surface area contributed by atoms with Crippen molar-refractivity contribution in [2.75, 3.05) is 34.4 Å². The zero-order valence-electron chi connectivity index (χ0n) is 10.9. The molecule has 0 aliphatic heterocycles. The van der Waals surface area contributed by atoms with Gasteiger partial charge < -0.3 is 9.47 Å². The van der Waals surface area contributed by atoms with Gasteiger partial charge in [0.15, 0.2) is 0 Å². The van der Waals surface area contributed by atoms with Crippen molar-refractivity contribution >= 4 is 5.97 Å². The lowest BCUT2D eigenvalue weighted by molar-refractivity contribution is 0.0595. The number of halogens is 1. The molecular weight excluding hydrogens is 237 g/mol. The van der Waals surface area contributed by atoms with Crippen LogP contribution in [0.3, 0.4) is 0 Å². The van der Waals surface area contributed by atoms with Crippen LogP contribution in [0.2, 0.25) is 0 Å². The number of hydrogen-bond acceptors (Lipinski definition) is 4. The fourth-order valence-electron chi connectivity index (χ4n) is 1.57. The average molecular weight is 255 g/mol. The zero-order chi connectivity index (χ0) is 13.5. The number of carbonyl (C=O) groups is 1. The highest BCUT2D eigenvalue weighted by molar-refractivity contribution is 5.89. The Kier molecular flexibility index (Phi) is 5.74. The molecule has 0 bridgehead atoms. The van der Waals surface area contributed by atoms with Crippen LogP contribution in [0.25, 0.3) is 0 Å². The van der Waals surface area contributed by atoms with Crippen LogP contribution in [-0.2, 0) is 16.0 Å². The molecule has 0 amide bonds. The molecule has 100 valence electrons. The number of carbonyl (C=O) groups excluding carboxylic acids is 1. The third-order valence-corrected chi connectivity index (χ3v) is 2.57. The Morgan fingerprint density at radius 1 is 1.39 bits per heavy atom. The van der Waals surface area contributed by atoms with Gasteiger partial charge in [-0.1, -0.05) is 6.07 Å². The third kappa shape index (κ3) is 4.09. The molecule has 18 heavy (non-hydrogen) atoms. The monoisotopic (exact) mass is 255 g/mol. The van der Waals surface area contributed by atoms with Gasteiger partial charge in [-0.25, -0.2) is 9.18 Å². The predicted octanol–water partition coefficient (Wildman–Crippen LogP) is 1.69. The molecule has 0 saturated carbocycles. The van der Waals surface area contributed by atoms with Crippen LogP contribution in [0.4, 0.5) is 4.39 Å². The van der Waals surface area contributed by atoms with Crippen LogP contribution in [0, 0.1) is 5.82 Å². The largest absolute Gasteiger partial charge is 0.465 e. The van der Waals surface area contributed by atoms with E-state index in [1.54, 1.807) is 13.2 Å². The average Bonchev–Trinajstić information content (AvgIpc) is 2.35. The maximum atomic E-state index is 13.6. The standard InChI is InChI=1S/C13H18FNO3/c1-15(6-7-17-2)9-10-4-5-11(12(14)8-10)13(16)18-3/h4-5,8H,6-7,9H2,1-3H3. The molecule has 0 N–H and O–H groups in total. The van der Waals surface area contributed by atoms with Crippen LogP contribution >= 0.6 is 0 Å². The Bertz CT molecular complexity index is 409. The van der Waals surface area contributed by atoms with Gasteiger partial charge in [-0.05, 0) is 24.7 Å². The molecule has 4 nitrogen and oxygen atoms in total. The van der Waals surface area contributed by atoms with Gasteiger partial charge in [0.05, 0.1) is 19.3 Å². The summed E-state index contributed by atoms with van der Waals surface area (Å²) in [6, 6.07) is 4.52. The molecule has 0 aromatic heterocycles. The normalized spacial score (nSPS) is 10.7. The first-order valence-electron chi connectivity index (χ1n) is 5.62. The van der Waals surface area contributed by atoms with Crippen LogP contribution in [0.15, 0.2) is 18.2 Å². The summed E-state index contributed by atoms with van der Waals surface area (Å²) in [7, 11) is 4.79. The second-order valence-corrected chi connectivity index (χ2v) is 4.04. The molecule has 0 unspecified atom stereocenters. The topological polar surface area (TPSA) is 38.8 Å². The summed E-state index contributed by atoms with van der Waals surface area (Å²) >= 11 is 0. The van der Waals surface area contributed by atoms with Crippen molar-refractivity contribution in [2.45, 2.75) is 6.54 Å². The number of benzene rings is 1. The van der Waals surface area contributed by atoms with Crippen molar-refractivity contribution in [3.8, 4) is 0 Å². The Labute approximate surface area is 106 Å². The van der Waals surface area contributed by atoms with E-state index in [-0.39, 0.29) is 5.56 Å². The minimum absolute atomic E-state index is 0.0409. The maximum Gasteiger partial charge on any atom is 0.340 e. The van der Waals surface area contributed by atoms with E-state index in [2.05, 4.69) is 4.74 Å². The molecule has 0 radical (unpaired) electrons. The molecule has 0 atom stereocenters. The Morgan fingerprint density at radius 2 is 2.11 bits per heavy atom. The lowest BCUT2D eigenvalue weighted by Crippen LogP contribution is -2.22. The molecule has 0 aliphatic carbocycles. The van der Waals surface area contributed by atoms with Gasteiger partial charge in [0.1, 0.15) is 5.82 Å². The van der Waals surface area contributed by atoms with Gasteiger partial charge >= 0.3 is 5.97 Å². The Morgan fingerprint density at radius 3 is 2.67 bits per heavy atom. The van der Waals surface area contributed by atoms with Crippen molar-refractivity contribution < 1.29 is 18.7 Å². The van der Waals surface area contributed by atoms with Gasteiger partial charge in [0.2, 0.25) is 0 Å². The number of ether oxygens (including phenoxy) is 2. The van der Waals surface area contributed by atoms with Crippen molar-refractivity contribution in [1.29, 1.82) is 0 Å². The molecule has 0 saturated heterocycles. The lowest BCUT2D eigenvalue weighted by atomic mass is 10.1. The predicted molar refractivity (Wildman–Crippen MR) is 65.9 cm³/mol. The van der Waals surface area contributed by atoms with Crippen LogP contribution in [0.1, 0.15) is 15.9 Å². The second-order valence-electron chi connectivity index (χ2n) is 4.04. The molecule has 0 heterocycles. The van der Waals surface area contributed by atoms with Crippen LogP contribution in [0.5, 0.6) is 0 Å². The van der Waals surface area contributed by atoms with Crippen molar-refractivity contribution in [2.24, 2.45) is 0 Å². The summed E-state index contributed by atoms with van der Waals surface area (Å²) < 4.78 is 23.1. The van der Waals surface area contributed by atoms with E-state index in [0.717, 1.165) is 12.1 Å². The van der Waals surface area contributed by atoms with Crippen LogP contribution < -0.4 is 0 Å². The van der Waals surface area contributed by atoms with Gasteiger partial charge in [-0.15, -0.1) is 0 Å². The summed E-state index contributed by atoms with van der Waals surface area (Å²) in [6.07, 6.45) is 0. The van der Waals surface area contributed by atoms with E-state index in [0.29, 0.717) is 13.2 Å². The fraction of sp³-hybridized carbons (Fsp3) is 0.462. The highest BCUT2D eigenvalue weighted by Crippen LogP contribution is 2.13. The third-order valence-electron chi connectivity index (χ3n) is 2.57. The summed E-state index contributed by atoms with van der Waals surface area (Å²) in [6.45, 7) is 1.98. The molecule has 1 aromatic carbocycles. The minimum Gasteiger partial charge on any atom is -0.465 e. The van der Waals surface area contributed by atoms with E-state index in [1.165, 1.54) is 19.2 Å². The Hall–Kier alpha value is -1.46. The SMILES string of the molecule is COCCN(C)Cc1ccc(C(=O)OC)c(F)c1. The molecule has 0 aliphatic rings. The zero-order valence-corrected chi connectivity index (χ0v) is 10.9. The molecule has 5 heteroatoms. The molecular formula is C13H18FNO3. The highest BCUT2D eigenvalue weighted by Gasteiger charge is 2.12. The van der Waals surface area contributed by atoms with Gasteiger partial charge in [0, 0.05) is 20.2 Å². The van der Waals surface area contributed by atoms with Crippen molar-refractivity contribution in [3.05, 3.63) is 35.1 Å². The van der Waals surface area contributed by atoms with Crippen molar-refractivity contribution in [3.63, 3.8) is 0 Å². The van der Waals surface area contributed by atoms with Gasteiger partial charge in [-0.2, -0.15) is 0 Å². The van der Waals surface area contributed by atoms with E-state index in [9.17, 15) is 9.18 Å². The summed E-state index contributed by atoms with van der Waals surface area (Å²) in [4.78, 5) is 13.2. The smallest absolute Gasteiger partial charge is 0.340 e. The number of rotatable bonds is 6. The quantitative estimate of drug-likeness (QED) is 0.725. The number of esters is 1. The second kappa shape index (κ2) is 7.08. The fourth-order valence-corrected chi connectivity index (χ4v) is 1.57. The molecule has 0 fully saturated rings. The van der Waals surface area contributed by atoms with E-state index < -0.39 is 11.8 Å². The number of nitrogens with zero attached hydrogens (tertiary/aromatic N) is 1. The highest BCUT2D eigenvalue weighted by atomic mass is 19.1. The minimum atomic E-state index is -0.660. The molecule has 1 aromatic rings. The first-order chi connectivity index (χ1) is 8.58. The van der Waals surface area contributed by atoms with E-state index in [1.807, 2.05) is 11.9 Å². The van der Waals surface area contributed by atoms with Gasteiger partial charge in [0.25, 0.3) is 0 Å². The summed E-state index contributed by atoms with van der Waals surface area (Å²) in [5.74, 6) is -1.22. The van der Waals surface area contributed by atoms with Crippen molar-refractivity contribution in [1.82, 2.24) is 4.90 Å². The van der Waals surface area contributed by atoms with E-state index >= 15 is 0 Å². The summed E-state index contributed by atoms with van der Waals surface area (Å²) in [5, 5.41) is 0. The number of likely N-dealkylation sites (N-methyl/N-ethyl adjacent to an activating group) is 1. The first-order valence-corrected chi connectivity index (χ1v) is 5.62. The first kappa shape index (κ1) is 14.6. The number of methoxy groups -OCH3 is 2. The van der Waals surface area contributed by atoms with E-state index in [4.69, 9.17) is 4.74 Å². The molecule has 0 spiro atoms. The lowest BCUT2D eigenvalue weighted by Gasteiger charge is -2.16.